The Morgan fingerprint density at radius 2 is 1.09 bits per heavy atom. The molecule has 0 amide bonds. The first-order chi connectivity index (χ1) is 16.6. The molecule has 0 spiro atoms. The number of allylic oxidation sites excluding steroid dienone is 2. The number of hydrogen-bond donors (Lipinski definition) is 1. The Kier molecular flexibility index (Phi) is 25.3. The molecule has 0 saturated heterocycles. The van der Waals surface area contributed by atoms with Gasteiger partial charge in [0.25, 0.3) is 0 Å². The van der Waals surface area contributed by atoms with Crippen molar-refractivity contribution in [3.05, 3.63) is 12.2 Å². The number of esters is 1. The Balaban J connectivity index is 3.67. The van der Waals surface area contributed by atoms with E-state index in [1.807, 2.05) is 0 Å². The molecule has 0 aliphatic heterocycles. The van der Waals surface area contributed by atoms with Gasteiger partial charge in [0.1, 0.15) is 6.10 Å². The third-order valence-corrected chi connectivity index (χ3v) is 6.47. The molecule has 0 aromatic carbocycles. The van der Waals surface area contributed by atoms with E-state index in [-0.39, 0.29) is 12.4 Å². The summed E-state index contributed by atoms with van der Waals surface area (Å²) in [5.41, 5.74) is 0. The van der Waals surface area contributed by atoms with Crippen molar-refractivity contribution < 1.29 is 19.4 Å². The van der Waals surface area contributed by atoms with Gasteiger partial charge in [-0.3, -0.25) is 9.59 Å². The molecule has 4 nitrogen and oxygen atoms in total. The summed E-state index contributed by atoms with van der Waals surface area (Å²) in [6.07, 6.45) is 29.4. The van der Waals surface area contributed by atoms with E-state index in [9.17, 15) is 9.59 Å². The minimum absolute atomic E-state index is 0.0754. The summed E-state index contributed by atoms with van der Waals surface area (Å²) < 4.78 is 5.50. The van der Waals surface area contributed by atoms with Crippen molar-refractivity contribution in [2.24, 2.45) is 0 Å². The Labute approximate surface area is 211 Å². The number of carbonyl (C=O) groups is 2. The SMILES string of the molecule is CCCCCCCC/C=C\CCCCCCCC(=O)OC(CCCCCCCCC)CC(=O)O. The highest BCUT2D eigenvalue weighted by atomic mass is 16.5. The van der Waals surface area contributed by atoms with Crippen LogP contribution in [-0.2, 0) is 14.3 Å². The second-order valence-electron chi connectivity index (χ2n) is 9.95. The number of carboxylic acid groups (broad SMARTS) is 1. The molecule has 0 heterocycles. The van der Waals surface area contributed by atoms with Gasteiger partial charge in [-0.05, 0) is 44.9 Å². The zero-order valence-corrected chi connectivity index (χ0v) is 22.7. The number of rotatable bonds is 26. The van der Waals surface area contributed by atoms with Gasteiger partial charge < -0.3 is 9.84 Å². The van der Waals surface area contributed by atoms with Crippen LogP contribution in [0.25, 0.3) is 0 Å². The third-order valence-electron chi connectivity index (χ3n) is 6.47. The van der Waals surface area contributed by atoms with Gasteiger partial charge in [-0.15, -0.1) is 0 Å². The van der Waals surface area contributed by atoms with Gasteiger partial charge in [-0.25, -0.2) is 0 Å². The molecule has 0 radical (unpaired) electrons. The molecule has 1 N–H and O–H groups in total. The molecular weight excluding hydrogens is 424 g/mol. The predicted octanol–water partition coefficient (Wildman–Crippen LogP) is 9.55. The Bertz CT molecular complexity index is 486. The maximum Gasteiger partial charge on any atom is 0.307 e. The van der Waals surface area contributed by atoms with Crippen molar-refractivity contribution >= 4 is 11.9 Å². The summed E-state index contributed by atoms with van der Waals surface area (Å²) in [6, 6.07) is 0. The van der Waals surface area contributed by atoms with Gasteiger partial charge in [-0.2, -0.15) is 0 Å². The maximum absolute atomic E-state index is 12.2. The lowest BCUT2D eigenvalue weighted by atomic mass is 10.0. The summed E-state index contributed by atoms with van der Waals surface area (Å²) in [5.74, 6) is -1.12. The minimum Gasteiger partial charge on any atom is -0.481 e. The van der Waals surface area contributed by atoms with Crippen LogP contribution < -0.4 is 0 Å². The second kappa shape index (κ2) is 26.3. The lowest BCUT2D eigenvalue weighted by Gasteiger charge is -2.16. The maximum atomic E-state index is 12.2. The quantitative estimate of drug-likeness (QED) is 0.0760. The van der Waals surface area contributed by atoms with Crippen LogP contribution in [0.1, 0.15) is 162 Å². The number of hydrogen-bond acceptors (Lipinski definition) is 3. The van der Waals surface area contributed by atoms with E-state index >= 15 is 0 Å². The van der Waals surface area contributed by atoms with E-state index in [0.717, 1.165) is 38.5 Å². The van der Waals surface area contributed by atoms with E-state index in [4.69, 9.17) is 9.84 Å². The van der Waals surface area contributed by atoms with Crippen molar-refractivity contribution in [3.8, 4) is 0 Å². The van der Waals surface area contributed by atoms with E-state index in [0.29, 0.717) is 12.8 Å². The lowest BCUT2D eigenvalue weighted by molar-refractivity contribution is -0.153. The Hall–Kier alpha value is -1.32. The average Bonchev–Trinajstić information content (AvgIpc) is 2.80. The van der Waals surface area contributed by atoms with E-state index in [1.54, 1.807) is 0 Å². The first-order valence-electron chi connectivity index (χ1n) is 14.7. The van der Waals surface area contributed by atoms with Gasteiger partial charge in [-0.1, -0.05) is 116 Å². The zero-order chi connectivity index (χ0) is 25.1. The number of aliphatic carboxylic acids is 1. The number of ether oxygens (including phenoxy) is 1. The van der Waals surface area contributed by atoms with Gasteiger partial charge in [0.05, 0.1) is 6.42 Å². The van der Waals surface area contributed by atoms with Gasteiger partial charge in [0.2, 0.25) is 0 Å². The molecule has 0 aliphatic carbocycles. The zero-order valence-electron chi connectivity index (χ0n) is 22.7. The summed E-state index contributed by atoms with van der Waals surface area (Å²) in [4.78, 5) is 23.3. The van der Waals surface area contributed by atoms with E-state index in [1.165, 1.54) is 89.9 Å². The Morgan fingerprint density at radius 3 is 1.59 bits per heavy atom. The van der Waals surface area contributed by atoms with Crippen LogP contribution >= 0.6 is 0 Å². The molecule has 0 aliphatic rings. The van der Waals surface area contributed by atoms with Crippen LogP contribution in [-0.4, -0.2) is 23.1 Å². The largest absolute Gasteiger partial charge is 0.481 e. The highest BCUT2D eigenvalue weighted by Gasteiger charge is 2.17. The summed E-state index contributed by atoms with van der Waals surface area (Å²) in [5, 5.41) is 9.12. The van der Waals surface area contributed by atoms with E-state index < -0.39 is 12.1 Å². The topological polar surface area (TPSA) is 63.6 Å². The van der Waals surface area contributed by atoms with Crippen molar-refractivity contribution in [1.29, 1.82) is 0 Å². The van der Waals surface area contributed by atoms with Crippen LogP contribution in [0.3, 0.4) is 0 Å². The van der Waals surface area contributed by atoms with Crippen LogP contribution in [0.5, 0.6) is 0 Å². The molecule has 0 saturated carbocycles. The number of carboxylic acids is 1. The molecular formula is C30H56O4. The molecule has 4 heteroatoms. The molecule has 34 heavy (non-hydrogen) atoms. The fourth-order valence-corrected chi connectivity index (χ4v) is 4.31. The normalized spacial score (nSPS) is 12.3. The lowest BCUT2D eigenvalue weighted by Crippen LogP contribution is -2.21. The standard InChI is InChI=1S/C30H56O4/c1-3-5-7-9-11-12-13-14-15-16-17-18-20-22-24-26-30(33)34-28(27-29(31)32)25-23-21-19-10-8-6-4-2/h14-15,28H,3-13,16-27H2,1-2H3,(H,31,32)/b15-14-. The fourth-order valence-electron chi connectivity index (χ4n) is 4.31. The first-order valence-corrected chi connectivity index (χ1v) is 14.7. The number of unbranched alkanes of at least 4 members (excludes halogenated alkanes) is 17. The summed E-state index contributed by atoms with van der Waals surface area (Å²) in [6.45, 7) is 4.47. The molecule has 0 rings (SSSR count). The van der Waals surface area contributed by atoms with Crippen LogP contribution in [0, 0.1) is 0 Å². The van der Waals surface area contributed by atoms with E-state index in [2.05, 4.69) is 26.0 Å². The molecule has 0 aromatic heterocycles. The van der Waals surface area contributed by atoms with Crippen molar-refractivity contribution in [1.82, 2.24) is 0 Å². The summed E-state index contributed by atoms with van der Waals surface area (Å²) in [7, 11) is 0. The van der Waals surface area contributed by atoms with Gasteiger partial charge in [0.15, 0.2) is 0 Å². The smallest absolute Gasteiger partial charge is 0.307 e. The number of carbonyl (C=O) groups excluding carboxylic acids is 1. The monoisotopic (exact) mass is 480 g/mol. The average molecular weight is 481 g/mol. The van der Waals surface area contributed by atoms with Crippen LogP contribution in [0.15, 0.2) is 12.2 Å². The molecule has 0 fully saturated rings. The van der Waals surface area contributed by atoms with Gasteiger partial charge >= 0.3 is 11.9 Å². The predicted molar refractivity (Wildman–Crippen MR) is 144 cm³/mol. The highest BCUT2D eigenvalue weighted by molar-refractivity contribution is 5.71. The summed E-state index contributed by atoms with van der Waals surface area (Å²) >= 11 is 0. The van der Waals surface area contributed by atoms with Crippen LogP contribution in [0.2, 0.25) is 0 Å². The van der Waals surface area contributed by atoms with Crippen molar-refractivity contribution in [3.63, 3.8) is 0 Å². The van der Waals surface area contributed by atoms with Gasteiger partial charge in [0, 0.05) is 6.42 Å². The Morgan fingerprint density at radius 1 is 0.647 bits per heavy atom. The fraction of sp³-hybridized carbons (Fsp3) is 0.867. The van der Waals surface area contributed by atoms with Crippen molar-refractivity contribution in [2.75, 3.05) is 0 Å². The molecule has 0 bridgehead atoms. The second-order valence-corrected chi connectivity index (χ2v) is 9.95. The molecule has 0 aromatic rings. The highest BCUT2D eigenvalue weighted by Crippen LogP contribution is 2.15. The van der Waals surface area contributed by atoms with Crippen molar-refractivity contribution in [2.45, 2.75) is 168 Å². The first kappa shape index (κ1) is 32.7. The third kappa shape index (κ3) is 25.3. The molecule has 200 valence electrons. The minimum atomic E-state index is -0.887. The van der Waals surface area contributed by atoms with Crippen LogP contribution in [0.4, 0.5) is 0 Å². The molecule has 1 unspecified atom stereocenters. The molecule has 1 atom stereocenters.